The van der Waals surface area contributed by atoms with Crippen LogP contribution in [0, 0.1) is 6.92 Å². The molecule has 0 bridgehead atoms. The maximum absolute atomic E-state index is 4.19. The fourth-order valence-corrected chi connectivity index (χ4v) is 2.26. The summed E-state index contributed by atoms with van der Waals surface area (Å²) < 4.78 is 1.38. The van der Waals surface area contributed by atoms with Gasteiger partial charge in [-0.2, -0.15) is 0 Å². The van der Waals surface area contributed by atoms with Crippen molar-refractivity contribution in [3.8, 4) is 0 Å². The Kier molecular flexibility index (Phi) is 2.76. The molecule has 0 fully saturated rings. The van der Waals surface area contributed by atoms with Gasteiger partial charge in [0, 0.05) is 0 Å². The Morgan fingerprint density at radius 1 is 1.43 bits per heavy atom. The summed E-state index contributed by atoms with van der Waals surface area (Å²) in [5.74, 6) is 0.633. The molecule has 2 aromatic heterocycles. The zero-order chi connectivity index (χ0) is 10.1. The minimum absolute atomic E-state index is 0.399. The van der Waals surface area contributed by atoms with Crippen molar-refractivity contribution in [2.75, 3.05) is 0 Å². The molecule has 0 radical (unpaired) electrons. The summed E-state index contributed by atoms with van der Waals surface area (Å²) >= 11 is 9.58. The Labute approximate surface area is 96.1 Å². The van der Waals surface area contributed by atoms with Crippen LogP contribution in [0.25, 0.3) is 10.2 Å². The van der Waals surface area contributed by atoms with Crippen molar-refractivity contribution >= 4 is 57.0 Å². The summed E-state index contributed by atoms with van der Waals surface area (Å²) in [4.78, 5) is 12.4. The van der Waals surface area contributed by atoms with Gasteiger partial charge in [0.25, 0.3) is 0 Å². The van der Waals surface area contributed by atoms with Crippen molar-refractivity contribution in [3.05, 3.63) is 17.3 Å². The summed E-state index contributed by atoms with van der Waals surface area (Å²) in [6, 6.07) is 0. The van der Waals surface area contributed by atoms with Crippen LogP contribution < -0.4 is 0 Å². The standard InChI is InChI=1S/C8H7N3S3/c1-4-2-14-6-5(4)9-3-10-7(6)11-8(12)13/h2-3H,1H3,(H2,9,10,11,12,13). The lowest BCUT2D eigenvalue weighted by molar-refractivity contribution is 1.20. The molecule has 6 heteroatoms. The smallest absolute Gasteiger partial charge is 0.174 e. The molecule has 14 heavy (non-hydrogen) atoms. The first kappa shape index (κ1) is 9.95. The van der Waals surface area contributed by atoms with Gasteiger partial charge < -0.3 is 0 Å². The molecular formula is C8H7N3S3. The first-order valence-electron chi connectivity index (χ1n) is 3.84. The van der Waals surface area contributed by atoms with Gasteiger partial charge in [-0.15, -0.1) is 36.6 Å². The van der Waals surface area contributed by atoms with Gasteiger partial charge in [-0.25, -0.2) is 15.0 Å². The van der Waals surface area contributed by atoms with E-state index in [1.807, 2.05) is 12.3 Å². The van der Waals surface area contributed by atoms with Crippen molar-refractivity contribution in [2.45, 2.75) is 6.92 Å². The molecule has 0 amide bonds. The first-order chi connectivity index (χ1) is 6.68. The molecule has 0 N–H and O–H groups in total. The fourth-order valence-electron chi connectivity index (χ4n) is 1.13. The molecule has 0 saturated heterocycles. The van der Waals surface area contributed by atoms with Gasteiger partial charge in [-0.05, 0) is 17.9 Å². The molecule has 0 atom stereocenters. The van der Waals surface area contributed by atoms with Crippen molar-refractivity contribution in [1.29, 1.82) is 0 Å². The van der Waals surface area contributed by atoms with E-state index in [1.54, 1.807) is 11.3 Å². The van der Waals surface area contributed by atoms with Crippen LogP contribution in [0.5, 0.6) is 0 Å². The van der Waals surface area contributed by atoms with Crippen LogP contribution in [-0.2, 0) is 0 Å². The second-order valence-corrected chi connectivity index (χ2v) is 4.79. The summed E-state index contributed by atoms with van der Waals surface area (Å²) in [7, 11) is 0. The monoisotopic (exact) mass is 241 g/mol. The number of aryl methyl sites for hydroxylation is 1. The molecule has 2 rings (SSSR count). The minimum atomic E-state index is 0.399. The molecule has 0 spiro atoms. The topological polar surface area (TPSA) is 38.1 Å². The SMILES string of the molecule is Cc1csc2c(N=C(S)S)ncnc12. The van der Waals surface area contributed by atoms with Crippen LogP contribution in [0.3, 0.4) is 0 Å². The molecular weight excluding hydrogens is 234 g/mol. The number of aromatic nitrogens is 2. The highest BCUT2D eigenvalue weighted by Gasteiger charge is 2.06. The number of thiophene rings is 1. The van der Waals surface area contributed by atoms with Crippen LogP contribution in [0.15, 0.2) is 16.7 Å². The normalized spacial score (nSPS) is 10.5. The van der Waals surface area contributed by atoms with Crippen LogP contribution >= 0.6 is 36.6 Å². The highest BCUT2D eigenvalue weighted by atomic mass is 32.2. The lowest BCUT2D eigenvalue weighted by Crippen LogP contribution is -1.81. The third-order valence-corrected chi connectivity index (χ3v) is 3.00. The average Bonchev–Trinajstić information content (AvgIpc) is 2.49. The van der Waals surface area contributed by atoms with E-state index >= 15 is 0 Å². The van der Waals surface area contributed by atoms with Gasteiger partial charge in [-0.3, -0.25) is 0 Å². The first-order valence-corrected chi connectivity index (χ1v) is 5.61. The fraction of sp³-hybridized carbons (Fsp3) is 0.125. The Bertz CT molecular complexity index is 500. The van der Waals surface area contributed by atoms with Crippen LogP contribution in [0.1, 0.15) is 5.56 Å². The van der Waals surface area contributed by atoms with E-state index in [0.717, 1.165) is 15.8 Å². The molecule has 0 aliphatic heterocycles. The molecule has 0 aliphatic rings. The predicted molar refractivity (Wildman–Crippen MR) is 67.2 cm³/mol. The average molecular weight is 241 g/mol. The number of aliphatic imine (C=N–C) groups is 1. The highest BCUT2D eigenvalue weighted by molar-refractivity contribution is 8.23. The van der Waals surface area contributed by atoms with Crippen LogP contribution in [0.4, 0.5) is 5.82 Å². The summed E-state index contributed by atoms with van der Waals surface area (Å²) in [6.07, 6.45) is 1.51. The molecule has 0 aromatic carbocycles. The van der Waals surface area contributed by atoms with Crippen LogP contribution in [0.2, 0.25) is 0 Å². The molecule has 2 heterocycles. The molecule has 0 unspecified atom stereocenters. The lowest BCUT2D eigenvalue weighted by atomic mass is 10.3. The van der Waals surface area contributed by atoms with Gasteiger partial charge in [0.1, 0.15) is 10.7 Å². The number of nitrogens with zero attached hydrogens (tertiary/aromatic N) is 3. The second kappa shape index (κ2) is 3.88. The van der Waals surface area contributed by atoms with Gasteiger partial charge in [0.05, 0.1) is 10.2 Å². The summed E-state index contributed by atoms with van der Waals surface area (Å²) in [6.45, 7) is 2.02. The highest BCUT2D eigenvalue weighted by Crippen LogP contribution is 2.30. The van der Waals surface area contributed by atoms with Gasteiger partial charge in [-0.1, -0.05) is 0 Å². The Morgan fingerprint density at radius 3 is 2.93 bits per heavy atom. The minimum Gasteiger partial charge on any atom is -0.235 e. The largest absolute Gasteiger partial charge is 0.235 e. The zero-order valence-electron chi connectivity index (χ0n) is 7.30. The van der Waals surface area contributed by atoms with E-state index in [-0.39, 0.29) is 0 Å². The Morgan fingerprint density at radius 2 is 2.21 bits per heavy atom. The molecule has 0 aliphatic carbocycles. The second-order valence-electron chi connectivity index (χ2n) is 2.71. The Balaban J connectivity index is 2.72. The number of hydrogen-bond acceptors (Lipinski definition) is 4. The van der Waals surface area contributed by atoms with Crippen molar-refractivity contribution in [1.82, 2.24) is 9.97 Å². The maximum Gasteiger partial charge on any atom is 0.174 e. The third kappa shape index (κ3) is 1.77. The molecule has 0 saturated carbocycles. The van der Waals surface area contributed by atoms with Crippen molar-refractivity contribution in [3.63, 3.8) is 0 Å². The molecule has 72 valence electrons. The van der Waals surface area contributed by atoms with Gasteiger partial charge >= 0.3 is 0 Å². The zero-order valence-corrected chi connectivity index (χ0v) is 9.90. The molecule has 2 aromatic rings. The third-order valence-electron chi connectivity index (χ3n) is 1.72. The number of rotatable bonds is 1. The van der Waals surface area contributed by atoms with Gasteiger partial charge in [0.15, 0.2) is 5.82 Å². The summed E-state index contributed by atoms with van der Waals surface area (Å²) in [5, 5.41) is 2.04. The maximum atomic E-state index is 4.19. The van der Waals surface area contributed by atoms with Crippen molar-refractivity contribution in [2.24, 2.45) is 4.99 Å². The lowest BCUT2D eigenvalue weighted by Gasteiger charge is -1.95. The van der Waals surface area contributed by atoms with E-state index in [9.17, 15) is 0 Å². The number of fused-ring (bicyclic) bond motifs is 1. The number of hydrogen-bond donors (Lipinski definition) is 2. The van der Waals surface area contributed by atoms with Crippen molar-refractivity contribution < 1.29 is 0 Å². The van der Waals surface area contributed by atoms with Gasteiger partial charge in [0.2, 0.25) is 0 Å². The molecule has 3 nitrogen and oxygen atoms in total. The predicted octanol–water partition coefficient (Wildman–Crippen LogP) is 2.85. The Hall–Kier alpha value is -0.590. The van der Waals surface area contributed by atoms with E-state index in [4.69, 9.17) is 0 Å². The quantitative estimate of drug-likeness (QED) is 0.458. The van der Waals surface area contributed by atoms with E-state index < -0.39 is 0 Å². The van der Waals surface area contributed by atoms with E-state index in [2.05, 4.69) is 40.2 Å². The van der Waals surface area contributed by atoms with Crippen LogP contribution in [-0.4, -0.2) is 14.3 Å². The van der Waals surface area contributed by atoms with E-state index in [0.29, 0.717) is 10.2 Å². The number of thiol groups is 2. The van der Waals surface area contributed by atoms with E-state index in [1.165, 1.54) is 6.33 Å². The summed E-state index contributed by atoms with van der Waals surface area (Å²) in [5.41, 5.74) is 2.09.